The van der Waals surface area contributed by atoms with E-state index >= 15 is 0 Å². The third-order valence-corrected chi connectivity index (χ3v) is 6.86. The van der Waals surface area contributed by atoms with Crippen LogP contribution in [0.4, 0.5) is 0 Å². The molecule has 0 saturated heterocycles. The lowest BCUT2D eigenvalue weighted by molar-refractivity contribution is 0.171. The Morgan fingerprint density at radius 2 is 1.75 bits per heavy atom. The van der Waals surface area contributed by atoms with Crippen LogP contribution in [0.5, 0.6) is 11.5 Å². The van der Waals surface area contributed by atoms with Gasteiger partial charge in [0.15, 0.2) is 11.5 Å². The van der Waals surface area contributed by atoms with Crippen LogP contribution in [0.3, 0.4) is 0 Å². The molecule has 0 amide bonds. The molecule has 2 aromatic carbocycles. The van der Waals surface area contributed by atoms with E-state index in [1.165, 1.54) is 23.5 Å². The molecule has 8 heteroatoms. The van der Waals surface area contributed by atoms with Crippen LogP contribution in [0.15, 0.2) is 65.6 Å². The Labute approximate surface area is 167 Å². The van der Waals surface area contributed by atoms with Gasteiger partial charge < -0.3 is 14.6 Å². The molecule has 6 nitrogen and oxygen atoms in total. The Bertz CT molecular complexity index is 1060. The summed E-state index contributed by atoms with van der Waals surface area (Å²) < 4.78 is 38.7. The van der Waals surface area contributed by atoms with Gasteiger partial charge in [-0.15, -0.1) is 11.3 Å². The zero-order valence-corrected chi connectivity index (χ0v) is 16.5. The molecule has 146 valence electrons. The summed E-state index contributed by atoms with van der Waals surface area (Å²) in [5.74, 6) is 0.974. The Morgan fingerprint density at radius 3 is 2.54 bits per heavy atom. The zero-order valence-electron chi connectivity index (χ0n) is 14.9. The molecule has 1 aromatic heterocycles. The molecule has 2 heterocycles. The van der Waals surface area contributed by atoms with Crippen molar-refractivity contribution in [1.82, 2.24) is 4.72 Å². The topological polar surface area (TPSA) is 84.9 Å². The van der Waals surface area contributed by atoms with Crippen molar-refractivity contribution in [2.45, 2.75) is 17.5 Å². The molecule has 28 heavy (non-hydrogen) atoms. The second-order valence-corrected chi connectivity index (χ2v) is 9.21. The normalized spacial score (nSPS) is 14.6. The maximum atomic E-state index is 12.6. The van der Waals surface area contributed by atoms with Crippen molar-refractivity contribution in [2.24, 2.45) is 0 Å². The van der Waals surface area contributed by atoms with Crippen LogP contribution in [0.2, 0.25) is 0 Å². The van der Waals surface area contributed by atoms with Crippen LogP contribution in [0, 0.1) is 0 Å². The van der Waals surface area contributed by atoms with E-state index in [2.05, 4.69) is 4.72 Å². The van der Waals surface area contributed by atoms with Gasteiger partial charge in [0.1, 0.15) is 19.3 Å². The van der Waals surface area contributed by atoms with Crippen molar-refractivity contribution in [1.29, 1.82) is 0 Å². The number of nitrogens with one attached hydrogen (secondary N) is 1. The molecule has 3 aromatic rings. The van der Waals surface area contributed by atoms with Gasteiger partial charge in [0.2, 0.25) is 10.0 Å². The first-order chi connectivity index (χ1) is 13.5. The first-order valence-electron chi connectivity index (χ1n) is 8.74. The third kappa shape index (κ3) is 4.05. The molecule has 0 unspecified atom stereocenters. The fourth-order valence-electron chi connectivity index (χ4n) is 2.88. The van der Waals surface area contributed by atoms with E-state index < -0.39 is 16.1 Å². The number of hydrogen-bond donors (Lipinski definition) is 2. The van der Waals surface area contributed by atoms with Crippen LogP contribution >= 0.6 is 11.3 Å². The van der Waals surface area contributed by atoms with Gasteiger partial charge in [0.25, 0.3) is 0 Å². The molecule has 1 aliphatic rings. The van der Waals surface area contributed by atoms with Crippen LogP contribution in [0.1, 0.15) is 21.4 Å². The maximum absolute atomic E-state index is 12.6. The number of thiophene rings is 1. The number of sulfonamides is 1. The van der Waals surface area contributed by atoms with E-state index in [-0.39, 0.29) is 11.4 Å². The Morgan fingerprint density at radius 1 is 1.00 bits per heavy atom. The van der Waals surface area contributed by atoms with Gasteiger partial charge in [-0.2, -0.15) is 0 Å². The summed E-state index contributed by atoms with van der Waals surface area (Å²) >= 11 is 1.37. The average molecular weight is 418 g/mol. The summed E-state index contributed by atoms with van der Waals surface area (Å²) in [6, 6.07) is 17.5. The molecule has 4 rings (SSSR count). The minimum absolute atomic E-state index is 0.123. The van der Waals surface area contributed by atoms with Gasteiger partial charge in [-0.3, -0.25) is 0 Å². The molecular formula is C20H19NO5S2. The van der Waals surface area contributed by atoms with Gasteiger partial charge in [-0.05, 0) is 29.8 Å². The molecule has 0 spiro atoms. The van der Waals surface area contributed by atoms with E-state index in [0.29, 0.717) is 24.7 Å². The van der Waals surface area contributed by atoms with Crippen molar-refractivity contribution >= 4 is 21.4 Å². The fraction of sp³-hybridized carbons (Fsp3) is 0.200. The monoisotopic (exact) mass is 417 g/mol. The maximum Gasteiger partial charge on any atom is 0.241 e. The highest BCUT2D eigenvalue weighted by Crippen LogP contribution is 2.32. The van der Waals surface area contributed by atoms with Crippen molar-refractivity contribution < 1.29 is 23.0 Å². The number of aliphatic hydroxyl groups is 1. The summed E-state index contributed by atoms with van der Waals surface area (Å²) in [7, 11) is -3.70. The Hall–Kier alpha value is -2.39. The molecule has 1 atom stereocenters. The van der Waals surface area contributed by atoms with E-state index in [9.17, 15) is 13.5 Å². The van der Waals surface area contributed by atoms with Crippen LogP contribution in [-0.2, 0) is 16.6 Å². The number of hydrogen-bond acceptors (Lipinski definition) is 6. The van der Waals surface area contributed by atoms with Crippen LogP contribution in [0.25, 0.3) is 0 Å². The standard InChI is InChI=1S/C20H19NO5S2/c22-20(14-4-2-1-3-5-14)19-9-6-15(27-19)13-21-28(23,24)16-7-8-17-18(12-16)26-11-10-25-17/h1-9,12,20-22H,10-11,13H2/t20-/m1/s1. The van der Waals surface area contributed by atoms with Crippen molar-refractivity contribution in [3.8, 4) is 11.5 Å². The summed E-state index contributed by atoms with van der Waals surface area (Å²) in [6.07, 6.45) is -0.727. The van der Waals surface area contributed by atoms with E-state index in [1.54, 1.807) is 6.07 Å². The lowest BCUT2D eigenvalue weighted by Crippen LogP contribution is -2.23. The smallest absolute Gasteiger partial charge is 0.241 e. The molecule has 0 radical (unpaired) electrons. The number of aliphatic hydroxyl groups excluding tert-OH is 1. The second-order valence-electron chi connectivity index (χ2n) is 6.25. The predicted molar refractivity (Wildman–Crippen MR) is 106 cm³/mol. The second kappa shape index (κ2) is 7.92. The SMILES string of the molecule is O=S(=O)(NCc1ccc([C@H](O)c2ccccc2)s1)c1ccc2c(c1)OCCO2. The summed E-state index contributed by atoms with van der Waals surface area (Å²) in [5.41, 5.74) is 0.799. The van der Waals surface area contributed by atoms with Gasteiger partial charge in [0, 0.05) is 22.4 Å². The minimum Gasteiger partial charge on any atom is -0.486 e. The van der Waals surface area contributed by atoms with E-state index in [1.807, 2.05) is 42.5 Å². The Balaban J connectivity index is 1.45. The lowest BCUT2D eigenvalue weighted by atomic mass is 10.1. The van der Waals surface area contributed by atoms with E-state index in [4.69, 9.17) is 9.47 Å². The first kappa shape index (κ1) is 18.9. The molecule has 2 N–H and O–H groups in total. The summed E-state index contributed by atoms with van der Waals surface area (Å²) in [5, 5.41) is 10.5. The number of benzene rings is 2. The first-order valence-corrected chi connectivity index (χ1v) is 11.0. The molecule has 0 bridgehead atoms. The Kier molecular flexibility index (Phi) is 5.36. The quantitative estimate of drug-likeness (QED) is 0.644. The fourth-order valence-corrected chi connectivity index (χ4v) is 4.96. The highest BCUT2D eigenvalue weighted by molar-refractivity contribution is 7.89. The highest BCUT2D eigenvalue weighted by atomic mass is 32.2. The van der Waals surface area contributed by atoms with Crippen molar-refractivity contribution in [2.75, 3.05) is 13.2 Å². The minimum atomic E-state index is -3.70. The molecule has 0 aliphatic carbocycles. The molecule has 0 fully saturated rings. The van der Waals surface area contributed by atoms with Gasteiger partial charge in [0.05, 0.1) is 4.90 Å². The number of rotatable bonds is 6. The molecule has 1 aliphatic heterocycles. The van der Waals surface area contributed by atoms with Crippen molar-refractivity contribution in [3.63, 3.8) is 0 Å². The summed E-state index contributed by atoms with van der Waals surface area (Å²) in [4.78, 5) is 1.70. The van der Waals surface area contributed by atoms with E-state index in [0.717, 1.165) is 15.3 Å². The highest BCUT2D eigenvalue weighted by Gasteiger charge is 2.20. The lowest BCUT2D eigenvalue weighted by Gasteiger charge is -2.18. The number of ether oxygens (including phenoxy) is 2. The largest absolute Gasteiger partial charge is 0.486 e. The summed E-state index contributed by atoms with van der Waals surface area (Å²) in [6.45, 7) is 0.988. The average Bonchev–Trinajstić information content (AvgIpc) is 3.21. The van der Waals surface area contributed by atoms with Crippen molar-refractivity contribution in [3.05, 3.63) is 76.0 Å². The van der Waals surface area contributed by atoms with Gasteiger partial charge in [-0.1, -0.05) is 30.3 Å². The number of fused-ring (bicyclic) bond motifs is 1. The predicted octanol–water partition coefficient (Wildman–Crippen LogP) is 3.08. The molecule has 0 saturated carbocycles. The van der Waals surface area contributed by atoms with Crippen LogP contribution in [-0.4, -0.2) is 26.7 Å². The van der Waals surface area contributed by atoms with Gasteiger partial charge >= 0.3 is 0 Å². The zero-order chi connectivity index (χ0) is 19.6. The third-order valence-electron chi connectivity index (χ3n) is 4.33. The van der Waals surface area contributed by atoms with Crippen LogP contribution < -0.4 is 14.2 Å². The van der Waals surface area contributed by atoms with Gasteiger partial charge in [-0.25, -0.2) is 13.1 Å². The molecular weight excluding hydrogens is 398 g/mol.